The van der Waals surface area contributed by atoms with Crippen LogP contribution in [0.15, 0.2) is 30.3 Å². The molecule has 1 saturated heterocycles. The zero-order valence-electron chi connectivity index (χ0n) is 11.2. The molecule has 0 radical (unpaired) electrons. The summed E-state index contributed by atoms with van der Waals surface area (Å²) in [7, 11) is 0. The smallest absolute Gasteiger partial charge is 0.0645 e. The number of hydrogen-bond acceptors (Lipinski definition) is 2. The Kier molecular flexibility index (Phi) is 3.67. The largest absolute Gasteiger partial charge is 0.303 e. The van der Waals surface area contributed by atoms with Crippen molar-refractivity contribution < 1.29 is 0 Å². The van der Waals surface area contributed by atoms with Gasteiger partial charge in [0.25, 0.3) is 0 Å². The Labute approximate surface area is 115 Å². The Bertz CT molecular complexity index is 371. The third kappa shape index (κ3) is 2.60. The fourth-order valence-corrected chi connectivity index (χ4v) is 4.67. The molecule has 0 bridgehead atoms. The molecule has 2 fully saturated rings. The first-order valence-electron chi connectivity index (χ1n) is 7.21. The van der Waals surface area contributed by atoms with Crippen LogP contribution in [0.2, 0.25) is 0 Å². The van der Waals surface area contributed by atoms with E-state index in [1.807, 2.05) is 0 Å². The van der Waals surface area contributed by atoms with Gasteiger partial charge in [0.15, 0.2) is 0 Å². The van der Waals surface area contributed by atoms with Gasteiger partial charge < -0.3 is 5.32 Å². The fraction of sp³-hybridized carbons (Fsp3) is 0.625. The van der Waals surface area contributed by atoms with E-state index in [0.717, 1.165) is 11.8 Å². The second kappa shape index (κ2) is 5.26. The van der Waals surface area contributed by atoms with E-state index in [9.17, 15) is 0 Å². The van der Waals surface area contributed by atoms with Crippen LogP contribution in [-0.4, -0.2) is 17.2 Å². The van der Waals surface area contributed by atoms with Gasteiger partial charge in [-0.1, -0.05) is 37.3 Å². The highest BCUT2D eigenvalue weighted by Crippen LogP contribution is 2.45. The van der Waals surface area contributed by atoms with E-state index >= 15 is 0 Å². The van der Waals surface area contributed by atoms with Gasteiger partial charge in [-0.3, -0.25) is 0 Å². The first kappa shape index (κ1) is 12.6. The minimum Gasteiger partial charge on any atom is -0.303 e. The van der Waals surface area contributed by atoms with Crippen LogP contribution in [-0.2, 0) is 0 Å². The molecular weight excluding hydrogens is 238 g/mol. The second-order valence-electron chi connectivity index (χ2n) is 5.98. The van der Waals surface area contributed by atoms with E-state index in [-0.39, 0.29) is 0 Å². The van der Waals surface area contributed by atoms with Crippen molar-refractivity contribution in [2.24, 2.45) is 5.92 Å². The molecular formula is C16H23NS. The summed E-state index contributed by atoms with van der Waals surface area (Å²) in [6.07, 6.45) is 5.37. The summed E-state index contributed by atoms with van der Waals surface area (Å²) in [4.78, 5) is 0.414. The Balaban J connectivity index is 1.61. The van der Waals surface area contributed by atoms with Crippen molar-refractivity contribution in [3.8, 4) is 0 Å². The highest BCUT2D eigenvalue weighted by molar-refractivity contribution is 8.00. The van der Waals surface area contributed by atoms with E-state index in [4.69, 9.17) is 0 Å². The third-order valence-corrected chi connectivity index (χ3v) is 6.32. The van der Waals surface area contributed by atoms with Crippen LogP contribution in [0.4, 0.5) is 0 Å². The summed E-state index contributed by atoms with van der Waals surface area (Å²) in [5.41, 5.74) is 1.54. The maximum absolute atomic E-state index is 3.82. The van der Waals surface area contributed by atoms with Crippen LogP contribution in [0.5, 0.6) is 0 Å². The molecule has 1 spiro atoms. The molecule has 2 heteroatoms. The monoisotopic (exact) mass is 261 g/mol. The minimum absolute atomic E-state index is 0.414. The van der Waals surface area contributed by atoms with Gasteiger partial charge in [-0.2, -0.15) is 0 Å². The highest BCUT2D eigenvalue weighted by atomic mass is 32.2. The lowest BCUT2D eigenvalue weighted by Gasteiger charge is -2.44. The molecule has 1 unspecified atom stereocenters. The molecule has 2 aliphatic rings. The number of nitrogens with one attached hydrogen (secondary N) is 1. The molecule has 0 amide bonds. The highest BCUT2D eigenvalue weighted by Gasteiger charge is 2.38. The summed E-state index contributed by atoms with van der Waals surface area (Å²) in [6, 6.07) is 11.1. The van der Waals surface area contributed by atoms with Gasteiger partial charge in [0, 0.05) is 0 Å². The van der Waals surface area contributed by atoms with Crippen molar-refractivity contribution in [3.63, 3.8) is 0 Å². The molecule has 3 rings (SSSR count). The average molecular weight is 261 g/mol. The van der Waals surface area contributed by atoms with Gasteiger partial charge in [-0.05, 0) is 55.4 Å². The number of thioether (sulfide) groups is 1. The van der Waals surface area contributed by atoms with E-state index in [1.54, 1.807) is 5.56 Å². The maximum atomic E-state index is 3.82. The Morgan fingerprint density at radius 2 is 1.89 bits per heavy atom. The Morgan fingerprint density at radius 3 is 2.50 bits per heavy atom. The minimum atomic E-state index is 0.414. The van der Waals surface area contributed by atoms with Crippen molar-refractivity contribution in [2.75, 3.05) is 12.3 Å². The molecule has 1 saturated carbocycles. The summed E-state index contributed by atoms with van der Waals surface area (Å²) in [6.45, 7) is 3.56. The third-order valence-electron chi connectivity index (χ3n) is 4.48. The molecule has 98 valence electrons. The summed E-state index contributed by atoms with van der Waals surface area (Å²) in [5.74, 6) is 2.97. The predicted octanol–water partition coefficient (Wildman–Crippen LogP) is 4.01. The van der Waals surface area contributed by atoms with Gasteiger partial charge in [0.05, 0.1) is 4.87 Å². The quantitative estimate of drug-likeness (QED) is 0.819. The molecule has 1 aromatic carbocycles. The van der Waals surface area contributed by atoms with E-state index < -0.39 is 0 Å². The molecule has 18 heavy (non-hydrogen) atoms. The van der Waals surface area contributed by atoms with Crippen LogP contribution in [0, 0.1) is 5.92 Å². The first-order chi connectivity index (χ1) is 8.77. The van der Waals surface area contributed by atoms with Crippen LogP contribution in [0.1, 0.15) is 44.1 Å². The number of hydrogen-bond donors (Lipinski definition) is 1. The lowest BCUT2D eigenvalue weighted by atomic mass is 9.81. The standard InChI is InChI=1S/C16H23NS/c1-13-11-17-16(18-12-13)9-7-15(8-10-16)14-5-3-2-4-6-14/h2-6,13,15,17H,7-12H2,1H3. The summed E-state index contributed by atoms with van der Waals surface area (Å²) in [5, 5.41) is 3.82. The van der Waals surface area contributed by atoms with Gasteiger partial charge in [-0.25, -0.2) is 0 Å². The molecule has 1 heterocycles. The van der Waals surface area contributed by atoms with Crippen LogP contribution < -0.4 is 5.32 Å². The summed E-state index contributed by atoms with van der Waals surface area (Å²) >= 11 is 2.18. The van der Waals surface area contributed by atoms with Crippen molar-refractivity contribution in [3.05, 3.63) is 35.9 Å². The van der Waals surface area contributed by atoms with Gasteiger partial charge >= 0.3 is 0 Å². The van der Waals surface area contributed by atoms with Gasteiger partial charge in [-0.15, -0.1) is 11.8 Å². The zero-order valence-corrected chi connectivity index (χ0v) is 12.0. The van der Waals surface area contributed by atoms with Crippen LogP contribution in [0.3, 0.4) is 0 Å². The summed E-state index contributed by atoms with van der Waals surface area (Å²) < 4.78 is 0. The lowest BCUT2D eigenvalue weighted by molar-refractivity contribution is 0.291. The van der Waals surface area contributed by atoms with Crippen LogP contribution >= 0.6 is 11.8 Å². The SMILES string of the molecule is CC1CNC2(CCC(c3ccccc3)CC2)SC1. The topological polar surface area (TPSA) is 12.0 Å². The van der Waals surface area contributed by atoms with Crippen LogP contribution in [0.25, 0.3) is 0 Å². The van der Waals surface area contributed by atoms with Crippen molar-refractivity contribution in [2.45, 2.75) is 43.4 Å². The maximum Gasteiger partial charge on any atom is 0.0645 e. The molecule has 1 atom stereocenters. The predicted molar refractivity (Wildman–Crippen MR) is 80.0 cm³/mol. The average Bonchev–Trinajstić information content (AvgIpc) is 2.44. The molecule has 1 aliphatic heterocycles. The Hall–Kier alpha value is -0.470. The molecule has 1 N–H and O–H groups in total. The van der Waals surface area contributed by atoms with E-state index in [1.165, 1.54) is 38.0 Å². The molecule has 1 nitrogen and oxygen atoms in total. The zero-order chi connectivity index (χ0) is 12.4. The van der Waals surface area contributed by atoms with Crippen molar-refractivity contribution >= 4 is 11.8 Å². The van der Waals surface area contributed by atoms with Crippen molar-refractivity contribution in [1.82, 2.24) is 5.32 Å². The normalized spacial score (nSPS) is 36.7. The first-order valence-corrected chi connectivity index (χ1v) is 8.20. The number of rotatable bonds is 1. The molecule has 1 aliphatic carbocycles. The van der Waals surface area contributed by atoms with E-state index in [0.29, 0.717) is 4.87 Å². The number of benzene rings is 1. The lowest BCUT2D eigenvalue weighted by Crippen LogP contribution is -2.50. The van der Waals surface area contributed by atoms with Gasteiger partial charge in [0.1, 0.15) is 0 Å². The molecule has 1 aromatic rings. The van der Waals surface area contributed by atoms with Gasteiger partial charge in [0.2, 0.25) is 0 Å². The molecule has 0 aromatic heterocycles. The Morgan fingerprint density at radius 1 is 1.17 bits per heavy atom. The van der Waals surface area contributed by atoms with E-state index in [2.05, 4.69) is 54.3 Å². The fourth-order valence-electron chi connectivity index (χ4n) is 3.24. The second-order valence-corrected chi connectivity index (χ2v) is 7.38. The van der Waals surface area contributed by atoms with Crippen molar-refractivity contribution in [1.29, 1.82) is 0 Å².